The molecule has 2 N–H and O–H groups in total. The van der Waals surface area contributed by atoms with Crippen molar-refractivity contribution in [2.45, 2.75) is 62.9 Å². The number of sulfonamides is 1. The van der Waals surface area contributed by atoms with Crippen molar-refractivity contribution in [2.24, 2.45) is 16.7 Å². The van der Waals surface area contributed by atoms with Gasteiger partial charge in [0, 0.05) is 5.54 Å². The van der Waals surface area contributed by atoms with Crippen LogP contribution in [0.1, 0.15) is 52.4 Å². The molecule has 0 aromatic carbocycles. The summed E-state index contributed by atoms with van der Waals surface area (Å²) < 4.78 is 28.3. The van der Waals surface area contributed by atoms with E-state index in [0.717, 1.165) is 19.3 Å². The molecule has 116 valence electrons. The molecule has 0 amide bonds. The summed E-state index contributed by atoms with van der Waals surface area (Å²) >= 11 is 0. The van der Waals surface area contributed by atoms with Crippen LogP contribution in [0.3, 0.4) is 0 Å². The van der Waals surface area contributed by atoms with Crippen LogP contribution in [-0.2, 0) is 10.0 Å². The van der Waals surface area contributed by atoms with Gasteiger partial charge < -0.3 is 4.98 Å². The van der Waals surface area contributed by atoms with Gasteiger partial charge >= 0.3 is 0 Å². The number of nitrogens with one attached hydrogen (secondary N) is 2. The second-order valence-corrected chi connectivity index (χ2v) is 10.1. The van der Waals surface area contributed by atoms with Gasteiger partial charge in [-0.1, -0.05) is 13.8 Å². The highest BCUT2D eigenvalue weighted by Crippen LogP contribution is 2.66. The monoisotopic (exact) mass is 309 g/mol. The Morgan fingerprint density at radius 2 is 1.86 bits per heavy atom. The van der Waals surface area contributed by atoms with Gasteiger partial charge in [0.1, 0.15) is 0 Å². The van der Waals surface area contributed by atoms with E-state index >= 15 is 0 Å². The van der Waals surface area contributed by atoms with Crippen LogP contribution in [0.15, 0.2) is 17.6 Å². The molecular formula is C15H23N3O2S. The zero-order valence-electron chi connectivity index (χ0n) is 12.6. The first-order valence-corrected chi connectivity index (χ1v) is 9.23. The van der Waals surface area contributed by atoms with Crippen LogP contribution in [0.5, 0.6) is 0 Å². The molecule has 4 aliphatic carbocycles. The third kappa shape index (κ3) is 2.14. The molecule has 0 saturated heterocycles. The molecule has 5 rings (SSSR count). The number of H-pyrrole nitrogens is 1. The predicted molar refractivity (Wildman–Crippen MR) is 79.0 cm³/mol. The van der Waals surface area contributed by atoms with Crippen molar-refractivity contribution in [1.29, 1.82) is 0 Å². The number of rotatable bonds is 3. The molecule has 0 aliphatic heterocycles. The Balaban J connectivity index is 1.69. The van der Waals surface area contributed by atoms with E-state index in [4.69, 9.17) is 0 Å². The van der Waals surface area contributed by atoms with Gasteiger partial charge in [-0.25, -0.2) is 18.1 Å². The molecule has 2 unspecified atom stereocenters. The first kappa shape index (κ1) is 13.8. The van der Waals surface area contributed by atoms with Crippen LogP contribution in [0, 0.1) is 16.7 Å². The average Bonchev–Trinajstić information content (AvgIpc) is 2.74. The number of hydrogen-bond donors (Lipinski definition) is 2. The molecule has 2 atom stereocenters. The molecule has 0 radical (unpaired) electrons. The molecule has 21 heavy (non-hydrogen) atoms. The fourth-order valence-corrected chi connectivity index (χ4v) is 7.61. The average molecular weight is 309 g/mol. The number of hydrogen-bond acceptors (Lipinski definition) is 3. The highest BCUT2D eigenvalue weighted by atomic mass is 32.2. The molecule has 4 fully saturated rings. The summed E-state index contributed by atoms with van der Waals surface area (Å²) in [6.07, 6.45) is 9.49. The number of imidazole rings is 1. The van der Waals surface area contributed by atoms with Gasteiger partial charge in [-0.05, 0) is 55.3 Å². The minimum Gasteiger partial charge on any atom is -0.335 e. The van der Waals surface area contributed by atoms with E-state index < -0.39 is 10.0 Å². The van der Waals surface area contributed by atoms with Crippen LogP contribution >= 0.6 is 0 Å². The standard InChI is InChI=1S/C15H23N3O2S/c1-13-3-11-4-14(2,7-13)9-15(5-11,8-13)18-21(19,20)12-6-16-10-17-12/h6,10-11,18H,3-5,7-9H2,1-2H3,(H,16,17). The van der Waals surface area contributed by atoms with Crippen molar-refractivity contribution in [3.05, 3.63) is 12.5 Å². The Morgan fingerprint density at radius 1 is 1.19 bits per heavy atom. The summed E-state index contributed by atoms with van der Waals surface area (Å²) in [5, 5.41) is 0.175. The Morgan fingerprint density at radius 3 is 2.38 bits per heavy atom. The highest BCUT2D eigenvalue weighted by Gasteiger charge is 2.61. The van der Waals surface area contributed by atoms with Gasteiger partial charge in [-0.2, -0.15) is 0 Å². The number of aromatic amines is 1. The fraction of sp³-hybridized carbons (Fsp3) is 0.800. The first-order chi connectivity index (χ1) is 9.72. The van der Waals surface area contributed by atoms with E-state index in [1.807, 2.05) is 0 Å². The Kier molecular flexibility index (Phi) is 2.56. The van der Waals surface area contributed by atoms with Crippen LogP contribution in [0.2, 0.25) is 0 Å². The van der Waals surface area contributed by atoms with E-state index in [9.17, 15) is 8.42 Å². The lowest BCUT2D eigenvalue weighted by Gasteiger charge is -2.65. The largest absolute Gasteiger partial charge is 0.335 e. The van der Waals surface area contributed by atoms with Crippen LogP contribution in [0.25, 0.3) is 0 Å². The van der Waals surface area contributed by atoms with E-state index in [1.165, 1.54) is 31.8 Å². The Bertz CT molecular complexity index is 649. The smallest absolute Gasteiger partial charge is 0.258 e. The van der Waals surface area contributed by atoms with Crippen molar-refractivity contribution in [3.8, 4) is 0 Å². The Hall–Kier alpha value is -0.880. The molecule has 6 heteroatoms. The summed E-state index contributed by atoms with van der Waals surface area (Å²) in [4.78, 5) is 6.55. The summed E-state index contributed by atoms with van der Waals surface area (Å²) in [5.41, 5.74) is 0.336. The third-order valence-electron chi connectivity index (χ3n) is 5.74. The fourth-order valence-electron chi connectivity index (χ4n) is 6.29. The van der Waals surface area contributed by atoms with Crippen molar-refractivity contribution in [1.82, 2.24) is 14.7 Å². The van der Waals surface area contributed by atoms with Crippen LogP contribution < -0.4 is 4.72 Å². The number of aromatic nitrogens is 2. The van der Waals surface area contributed by atoms with Crippen LogP contribution in [0.4, 0.5) is 0 Å². The lowest BCUT2D eigenvalue weighted by molar-refractivity contribution is -0.110. The maximum atomic E-state index is 12.6. The zero-order valence-corrected chi connectivity index (χ0v) is 13.5. The van der Waals surface area contributed by atoms with E-state index in [1.54, 1.807) is 0 Å². The summed E-state index contributed by atoms with van der Waals surface area (Å²) in [6, 6.07) is 0. The molecule has 1 aromatic rings. The second kappa shape index (κ2) is 3.90. The van der Waals surface area contributed by atoms with Crippen LogP contribution in [-0.4, -0.2) is 23.9 Å². The van der Waals surface area contributed by atoms with Gasteiger partial charge in [-0.3, -0.25) is 0 Å². The van der Waals surface area contributed by atoms with E-state index in [2.05, 4.69) is 28.5 Å². The minimum atomic E-state index is -3.50. The SMILES string of the molecule is CC12CC3CC(C)(C1)CC(NS(=O)(=O)c1cnc[nH]1)(C3)C2. The minimum absolute atomic E-state index is 0.175. The molecular weight excluding hydrogens is 286 g/mol. The van der Waals surface area contributed by atoms with Crippen molar-refractivity contribution in [3.63, 3.8) is 0 Å². The molecule has 4 saturated carbocycles. The second-order valence-electron chi connectivity index (χ2n) is 8.43. The summed E-state index contributed by atoms with van der Waals surface area (Å²) in [7, 11) is -3.50. The van der Waals surface area contributed by atoms with Gasteiger partial charge in [0.2, 0.25) is 0 Å². The first-order valence-electron chi connectivity index (χ1n) is 7.74. The summed E-state index contributed by atoms with van der Waals surface area (Å²) in [6.45, 7) is 4.68. The highest BCUT2D eigenvalue weighted by molar-refractivity contribution is 7.89. The normalized spacial score (nSPS) is 45.1. The zero-order chi connectivity index (χ0) is 14.9. The molecule has 1 aromatic heterocycles. The number of nitrogens with zero attached hydrogens (tertiary/aromatic N) is 1. The lowest BCUT2D eigenvalue weighted by atomic mass is 9.43. The van der Waals surface area contributed by atoms with E-state index in [0.29, 0.717) is 16.7 Å². The van der Waals surface area contributed by atoms with Gasteiger partial charge in [0.25, 0.3) is 10.0 Å². The van der Waals surface area contributed by atoms with E-state index in [-0.39, 0.29) is 10.6 Å². The summed E-state index contributed by atoms with van der Waals surface area (Å²) in [5.74, 6) is 0.667. The predicted octanol–water partition coefficient (Wildman–Crippen LogP) is 2.44. The van der Waals surface area contributed by atoms with Crippen molar-refractivity contribution in [2.75, 3.05) is 0 Å². The molecule has 0 spiro atoms. The van der Waals surface area contributed by atoms with Crippen molar-refractivity contribution >= 4 is 10.0 Å². The molecule has 1 heterocycles. The third-order valence-corrected chi connectivity index (χ3v) is 7.24. The quantitative estimate of drug-likeness (QED) is 0.900. The van der Waals surface area contributed by atoms with Gasteiger partial charge in [0.15, 0.2) is 5.03 Å². The lowest BCUT2D eigenvalue weighted by Crippen LogP contribution is -2.65. The van der Waals surface area contributed by atoms with Gasteiger partial charge in [0.05, 0.1) is 12.5 Å². The Labute approximate surface area is 126 Å². The topological polar surface area (TPSA) is 74.8 Å². The molecule has 5 nitrogen and oxygen atoms in total. The maximum absolute atomic E-state index is 12.6. The maximum Gasteiger partial charge on any atom is 0.258 e. The molecule has 4 aliphatic rings. The van der Waals surface area contributed by atoms with Gasteiger partial charge in [-0.15, -0.1) is 0 Å². The van der Waals surface area contributed by atoms with Crippen molar-refractivity contribution < 1.29 is 8.42 Å². The molecule has 4 bridgehead atoms.